The Morgan fingerprint density at radius 3 is 2.29 bits per heavy atom. The molecule has 0 aliphatic carbocycles. The highest BCUT2D eigenvalue weighted by Gasteiger charge is 2.40. The number of anilines is 1. The monoisotopic (exact) mass is 382 g/mol. The van der Waals surface area contributed by atoms with Crippen molar-refractivity contribution in [2.45, 2.75) is 33.1 Å². The van der Waals surface area contributed by atoms with Crippen LogP contribution in [0.1, 0.15) is 32.3 Å². The van der Waals surface area contributed by atoms with E-state index >= 15 is 0 Å². The minimum absolute atomic E-state index is 0.0925. The first-order valence-electron chi connectivity index (χ1n) is 9.77. The number of carbonyl (C=O) groups excluding carboxylic acids is 2. The van der Waals surface area contributed by atoms with Gasteiger partial charge in [0.25, 0.3) is 0 Å². The number of rotatable bonds is 5. The Hall–Kier alpha value is -2.69. The molecular formula is C23H27FN2O2. The Morgan fingerprint density at radius 2 is 1.64 bits per heavy atom. The molecule has 1 fully saturated rings. The second-order valence-corrected chi connectivity index (χ2v) is 7.98. The molecule has 148 valence electrons. The summed E-state index contributed by atoms with van der Waals surface area (Å²) in [5.41, 5.74) is 0.154. The fourth-order valence-electron chi connectivity index (χ4n) is 3.62. The van der Waals surface area contributed by atoms with Gasteiger partial charge in [0.05, 0.1) is 5.69 Å². The normalized spacial score (nSPS) is 15.3. The molecule has 0 bridgehead atoms. The van der Waals surface area contributed by atoms with Crippen molar-refractivity contribution in [1.29, 1.82) is 0 Å². The molecule has 28 heavy (non-hydrogen) atoms. The standard InChI is InChI=1S/C23H27FN2O2/c1-23(2,21(27)25-20-11-7-6-10-19(20)24)22(28)26-14-12-18(13-15-26)16-17-8-4-3-5-9-17/h3-11,18H,12-16H2,1-2H3,(H,25,27). The number of halogens is 1. The van der Waals surface area contributed by atoms with E-state index in [4.69, 9.17) is 0 Å². The summed E-state index contributed by atoms with van der Waals surface area (Å²) in [4.78, 5) is 27.4. The lowest BCUT2D eigenvalue weighted by Gasteiger charge is -2.36. The predicted octanol–water partition coefficient (Wildman–Crippen LogP) is 4.27. The first kappa shape index (κ1) is 20.1. The zero-order valence-corrected chi connectivity index (χ0v) is 16.5. The number of benzene rings is 2. The molecule has 4 nitrogen and oxygen atoms in total. The van der Waals surface area contributed by atoms with Crippen molar-refractivity contribution in [2.75, 3.05) is 18.4 Å². The second kappa shape index (κ2) is 8.55. The van der Waals surface area contributed by atoms with Crippen LogP contribution in [0.25, 0.3) is 0 Å². The van der Waals surface area contributed by atoms with Crippen molar-refractivity contribution >= 4 is 17.5 Å². The molecule has 1 saturated heterocycles. The van der Waals surface area contributed by atoms with Gasteiger partial charge < -0.3 is 10.2 Å². The third-order valence-electron chi connectivity index (χ3n) is 5.49. The lowest BCUT2D eigenvalue weighted by Crippen LogP contribution is -2.50. The summed E-state index contributed by atoms with van der Waals surface area (Å²) in [5.74, 6) is -0.670. The largest absolute Gasteiger partial charge is 0.342 e. The maximum absolute atomic E-state index is 13.8. The zero-order chi connectivity index (χ0) is 20.1. The van der Waals surface area contributed by atoms with Gasteiger partial charge in [-0.05, 0) is 56.7 Å². The molecule has 1 aliphatic rings. The Labute approximate surface area is 165 Å². The minimum atomic E-state index is -1.26. The average Bonchev–Trinajstić information content (AvgIpc) is 2.70. The summed E-state index contributed by atoms with van der Waals surface area (Å²) in [6.45, 7) is 4.49. The highest BCUT2D eigenvalue weighted by atomic mass is 19.1. The SMILES string of the molecule is CC(C)(C(=O)Nc1ccccc1F)C(=O)N1CCC(Cc2ccccc2)CC1. The molecule has 1 heterocycles. The van der Waals surface area contributed by atoms with Crippen molar-refractivity contribution in [2.24, 2.45) is 11.3 Å². The molecule has 3 rings (SSSR count). The van der Waals surface area contributed by atoms with E-state index in [1.807, 2.05) is 18.2 Å². The molecule has 0 unspecified atom stereocenters. The molecule has 1 N–H and O–H groups in total. The van der Waals surface area contributed by atoms with Gasteiger partial charge in [0.1, 0.15) is 11.2 Å². The lowest BCUT2D eigenvalue weighted by molar-refractivity contribution is -0.147. The number of piperidine rings is 1. The minimum Gasteiger partial charge on any atom is -0.342 e. The van der Waals surface area contributed by atoms with Gasteiger partial charge in [-0.25, -0.2) is 4.39 Å². The quantitative estimate of drug-likeness (QED) is 0.785. The molecule has 2 aromatic carbocycles. The molecule has 2 amide bonds. The first-order chi connectivity index (χ1) is 13.4. The summed E-state index contributed by atoms with van der Waals surface area (Å²) >= 11 is 0. The van der Waals surface area contributed by atoms with E-state index in [0.29, 0.717) is 19.0 Å². The summed E-state index contributed by atoms with van der Waals surface area (Å²) in [6.07, 6.45) is 2.86. The topological polar surface area (TPSA) is 49.4 Å². The number of carbonyl (C=O) groups is 2. The van der Waals surface area contributed by atoms with Crippen molar-refractivity contribution in [1.82, 2.24) is 4.90 Å². The second-order valence-electron chi connectivity index (χ2n) is 7.98. The number of nitrogens with one attached hydrogen (secondary N) is 1. The molecule has 2 aromatic rings. The van der Waals surface area contributed by atoms with E-state index in [-0.39, 0.29) is 11.6 Å². The summed E-state index contributed by atoms with van der Waals surface area (Å²) in [6, 6.07) is 16.3. The maximum Gasteiger partial charge on any atom is 0.239 e. The molecule has 0 atom stereocenters. The van der Waals surface area contributed by atoms with E-state index in [0.717, 1.165) is 19.3 Å². The van der Waals surface area contributed by atoms with Crippen LogP contribution in [0, 0.1) is 17.2 Å². The van der Waals surface area contributed by atoms with Crippen LogP contribution in [0.15, 0.2) is 54.6 Å². The van der Waals surface area contributed by atoms with Crippen LogP contribution in [0.4, 0.5) is 10.1 Å². The van der Waals surface area contributed by atoms with Crippen LogP contribution in [0.5, 0.6) is 0 Å². The Kier molecular flexibility index (Phi) is 6.12. The van der Waals surface area contributed by atoms with E-state index in [9.17, 15) is 14.0 Å². The van der Waals surface area contributed by atoms with Crippen LogP contribution in [-0.2, 0) is 16.0 Å². The van der Waals surface area contributed by atoms with Crippen molar-refractivity contribution in [3.05, 3.63) is 66.0 Å². The summed E-state index contributed by atoms with van der Waals surface area (Å²) in [7, 11) is 0. The predicted molar refractivity (Wildman–Crippen MR) is 108 cm³/mol. The van der Waals surface area contributed by atoms with E-state index in [1.54, 1.807) is 30.9 Å². The van der Waals surface area contributed by atoms with Crippen LogP contribution in [0.3, 0.4) is 0 Å². The third kappa shape index (κ3) is 4.58. The highest BCUT2D eigenvalue weighted by molar-refractivity contribution is 6.09. The Morgan fingerprint density at radius 1 is 1.04 bits per heavy atom. The fraction of sp³-hybridized carbons (Fsp3) is 0.391. The van der Waals surface area contributed by atoms with Crippen LogP contribution < -0.4 is 5.32 Å². The molecule has 5 heteroatoms. The molecule has 0 aromatic heterocycles. The van der Waals surface area contributed by atoms with Crippen molar-refractivity contribution in [3.8, 4) is 0 Å². The molecule has 0 spiro atoms. The van der Waals surface area contributed by atoms with Gasteiger partial charge in [-0.1, -0.05) is 42.5 Å². The first-order valence-corrected chi connectivity index (χ1v) is 9.77. The van der Waals surface area contributed by atoms with Gasteiger partial charge >= 0.3 is 0 Å². The van der Waals surface area contributed by atoms with Crippen LogP contribution in [0.2, 0.25) is 0 Å². The number of para-hydroxylation sites is 1. The van der Waals surface area contributed by atoms with E-state index < -0.39 is 17.1 Å². The van der Waals surface area contributed by atoms with Crippen molar-refractivity contribution < 1.29 is 14.0 Å². The van der Waals surface area contributed by atoms with Crippen LogP contribution in [-0.4, -0.2) is 29.8 Å². The van der Waals surface area contributed by atoms with Gasteiger partial charge in [0, 0.05) is 13.1 Å². The van der Waals surface area contributed by atoms with Gasteiger partial charge in [-0.15, -0.1) is 0 Å². The molecule has 1 aliphatic heterocycles. The number of nitrogens with zero attached hydrogens (tertiary/aromatic N) is 1. The molecule has 0 radical (unpaired) electrons. The van der Waals surface area contributed by atoms with Gasteiger partial charge in [0.15, 0.2) is 0 Å². The Balaban J connectivity index is 1.57. The number of likely N-dealkylation sites (tertiary alicyclic amines) is 1. The lowest BCUT2D eigenvalue weighted by atomic mass is 9.86. The fourth-order valence-corrected chi connectivity index (χ4v) is 3.62. The van der Waals surface area contributed by atoms with E-state index in [1.165, 1.54) is 17.7 Å². The molecule has 0 saturated carbocycles. The van der Waals surface area contributed by atoms with Gasteiger partial charge in [-0.2, -0.15) is 0 Å². The Bertz CT molecular complexity index is 828. The summed E-state index contributed by atoms with van der Waals surface area (Å²) < 4.78 is 13.8. The van der Waals surface area contributed by atoms with E-state index in [2.05, 4.69) is 17.4 Å². The average molecular weight is 382 g/mol. The number of hydrogen-bond donors (Lipinski definition) is 1. The maximum atomic E-state index is 13.8. The van der Waals surface area contributed by atoms with Crippen LogP contribution >= 0.6 is 0 Å². The number of hydrogen-bond acceptors (Lipinski definition) is 2. The smallest absolute Gasteiger partial charge is 0.239 e. The highest BCUT2D eigenvalue weighted by Crippen LogP contribution is 2.27. The van der Waals surface area contributed by atoms with Crippen molar-refractivity contribution in [3.63, 3.8) is 0 Å². The zero-order valence-electron chi connectivity index (χ0n) is 16.5. The number of amides is 2. The third-order valence-corrected chi connectivity index (χ3v) is 5.49. The molecular weight excluding hydrogens is 355 g/mol. The summed E-state index contributed by atoms with van der Waals surface area (Å²) in [5, 5.41) is 2.55. The van der Waals surface area contributed by atoms with Gasteiger partial charge in [0.2, 0.25) is 11.8 Å². The van der Waals surface area contributed by atoms with Gasteiger partial charge in [-0.3, -0.25) is 9.59 Å².